The molecule has 1 N–H and O–H groups in total. The number of rotatable bonds is 7. The highest BCUT2D eigenvalue weighted by atomic mass is 16.5. The number of nitrogens with zero attached hydrogens (tertiary/aromatic N) is 6. The largest absolute Gasteiger partial charge is 0.383 e. The highest BCUT2D eigenvalue weighted by Gasteiger charge is 2.06. The van der Waals surface area contributed by atoms with Crippen LogP contribution in [0.15, 0.2) is 12.4 Å². The molecule has 0 unspecified atom stereocenters. The maximum atomic E-state index is 4.97. The minimum atomic E-state index is 0.579. The molecule has 2 rings (SSSR count). The summed E-state index contributed by atoms with van der Waals surface area (Å²) < 4.78 is 6.97. The maximum Gasteiger partial charge on any atom is 0.194 e. The molecule has 0 aliphatic heterocycles. The summed E-state index contributed by atoms with van der Waals surface area (Å²) >= 11 is 0. The molecule has 0 saturated carbocycles. The predicted octanol–water partition coefficient (Wildman–Crippen LogP) is -0.809. The molecule has 0 fully saturated rings. The molecule has 2 heterocycles. The van der Waals surface area contributed by atoms with Crippen molar-refractivity contribution in [1.29, 1.82) is 0 Å². The summed E-state index contributed by atoms with van der Waals surface area (Å²) in [5.41, 5.74) is 0. The zero-order chi connectivity index (χ0) is 12.8. The van der Waals surface area contributed by atoms with Crippen LogP contribution in [0.5, 0.6) is 0 Å². The van der Waals surface area contributed by atoms with Crippen molar-refractivity contribution in [3.05, 3.63) is 24.0 Å². The van der Waals surface area contributed by atoms with Gasteiger partial charge in [-0.25, -0.2) is 4.98 Å². The third-order valence-electron chi connectivity index (χ3n) is 2.43. The van der Waals surface area contributed by atoms with Gasteiger partial charge in [-0.2, -0.15) is 4.80 Å². The van der Waals surface area contributed by atoms with Crippen LogP contribution in [0.4, 0.5) is 0 Å². The van der Waals surface area contributed by atoms with Crippen LogP contribution < -0.4 is 5.32 Å². The first-order valence-electron chi connectivity index (χ1n) is 5.72. The summed E-state index contributed by atoms with van der Waals surface area (Å²) in [4.78, 5) is 5.74. The van der Waals surface area contributed by atoms with Gasteiger partial charge in [0.25, 0.3) is 0 Å². The summed E-state index contributed by atoms with van der Waals surface area (Å²) in [6.45, 7) is 2.75. The van der Waals surface area contributed by atoms with Gasteiger partial charge >= 0.3 is 0 Å². The fraction of sp³-hybridized carbons (Fsp3) is 0.600. The first kappa shape index (κ1) is 12.7. The van der Waals surface area contributed by atoms with Crippen molar-refractivity contribution in [3.63, 3.8) is 0 Å². The molecule has 8 heteroatoms. The summed E-state index contributed by atoms with van der Waals surface area (Å²) in [6, 6.07) is 0. The molecule has 0 aromatic carbocycles. The number of hydrogen-bond acceptors (Lipinski definition) is 6. The van der Waals surface area contributed by atoms with E-state index >= 15 is 0 Å². The second-order valence-electron chi connectivity index (χ2n) is 3.84. The molecule has 0 amide bonds. The molecule has 2 aromatic heterocycles. The molecule has 0 aliphatic rings. The van der Waals surface area contributed by atoms with Crippen molar-refractivity contribution in [1.82, 2.24) is 35.1 Å². The van der Waals surface area contributed by atoms with E-state index < -0.39 is 0 Å². The molecule has 98 valence electrons. The van der Waals surface area contributed by atoms with Crippen LogP contribution >= 0.6 is 0 Å². The highest BCUT2D eigenvalue weighted by Crippen LogP contribution is 2.00. The lowest BCUT2D eigenvalue weighted by Crippen LogP contribution is -2.21. The van der Waals surface area contributed by atoms with Crippen molar-refractivity contribution < 1.29 is 4.74 Å². The van der Waals surface area contributed by atoms with E-state index in [0.717, 1.165) is 12.4 Å². The van der Waals surface area contributed by atoms with Gasteiger partial charge in [0, 0.05) is 26.0 Å². The minimum absolute atomic E-state index is 0.579. The van der Waals surface area contributed by atoms with Gasteiger partial charge in [-0.3, -0.25) is 0 Å². The lowest BCUT2D eigenvalue weighted by atomic mass is 10.5. The van der Waals surface area contributed by atoms with Gasteiger partial charge in [0.05, 0.1) is 26.7 Å². The van der Waals surface area contributed by atoms with Crippen LogP contribution in [0.3, 0.4) is 0 Å². The first-order chi connectivity index (χ1) is 8.79. The molecule has 8 nitrogen and oxygen atoms in total. The van der Waals surface area contributed by atoms with Gasteiger partial charge < -0.3 is 14.6 Å². The van der Waals surface area contributed by atoms with E-state index in [1.54, 1.807) is 20.4 Å². The zero-order valence-corrected chi connectivity index (χ0v) is 10.6. The van der Waals surface area contributed by atoms with Crippen molar-refractivity contribution in [2.45, 2.75) is 13.1 Å². The van der Waals surface area contributed by atoms with E-state index in [-0.39, 0.29) is 0 Å². The Labute approximate surface area is 105 Å². The Kier molecular flexibility index (Phi) is 4.37. The van der Waals surface area contributed by atoms with Crippen molar-refractivity contribution in [3.8, 4) is 0 Å². The smallest absolute Gasteiger partial charge is 0.194 e. The fourth-order valence-electron chi connectivity index (χ4n) is 1.56. The summed E-state index contributed by atoms with van der Waals surface area (Å²) in [6.07, 6.45) is 3.67. The van der Waals surface area contributed by atoms with E-state index in [0.29, 0.717) is 25.5 Å². The van der Waals surface area contributed by atoms with Crippen LogP contribution in [-0.4, -0.2) is 50.0 Å². The highest BCUT2D eigenvalue weighted by molar-refractivity contribution is 4.95. The molecule has 0 bridgehead atoms. The minimum Gasteiger partial charge on any atom is -0.383 e. The molecule has 0 aliphatic carbocycles. The van der Waals surface area contributed by atoms with E-state index in [9.17, 15) is 0 Å². The molecule has 0 spiro atoms. The van der Waals surface area contributed by atoms with Crippen LogP contribution in [-0.2, 0) is 24.9 Å². The lowest BCUT2D eigenvalue weighted by Gasteiger charge is -2.06. The number of aromatic nitrogens is 6. The zero-order valence-electron chi connectivity index (χ0n) is 10.6. The summed E-state index contributed by atoms with van der Waals surface area (Å²) in [5.74, 6) is 1.62. The van der Waals surface area contributed by atoms with Gasteiger partial charge in [-0.15, -0.1) is 10.2 Å². The number of hydrogen-bond donors (Lipinski definition) is 1. The third-order valence-corrected chi connectivity index (χ3v) is 2.43. The first-order valence-corrected chi connectivity index (χ1v) is 5.72. The number of nitrogens with one attached hydrogen (secondary N) is 1. The van der Waals surface area contributed by atoms with E-state index in [2.05, 4.69) is 25.7 Å². The van der Waals surface area contributed by atoms with Crippen molar-refractivity contribution >= 4 is 0 Å². The molecule has 0 atom stereocenters. The quantitative estimate of drug-likeness (QED) is 0.648. The van der Waals surface area contributed by atoms with Crippen molar-refractivity contribution in [2.75, 3.05) is 20.3 Å². The normalized spacial score (nSPS) is 11.0. The Morgan fingerprint density at radius 1 is 1.44 bits per heavy atom. The van der Waals surface area contributed by atoms with E-state index in [4.69, 9.17) is 4.74 Å². The standard InChI is InChI=1S/C10H17N7O/c1-16-14-9(13-15-16)8-17-5-3-12-10(17)7-11-4-6-18-2/h3,5,11H,4,6-8H2,1-2H3. The van der Waals surface area contributed by atoms with Crippen LogP contribution in [0.1, 0.15) is 11.6 Å². The lowest BCUT2D eigenvalue weighted by molar-refractivity contribution is 0.199. The van der Waals surface area contributed by atoms with Crippen LogP contribution in [0.25, 0.3) is 0 Å². The summed E-state index contributed by atoms with van der Waals surface area (Å²) in [5, 5.41) is 15.1. The van der Waals surface area contributed by atoms with Gasteiger partial charge in [0.15, 0.2) is 5.82 Å². The van der Waals surface area contributed by atoms with E-state index in [1.807, 2.05) is 10.8 Å². The molecule has 2 aromatic rings. The Morgan fingerprint density at radius 2 is 2.33 bits per heavy atom. The maximum absolute atomic E-state index is 4.97. The Bertz CT molecular complexity index is 478. The molecule has 18 heavy (non-hydrogen) atoms. The average Bonchev–Trinajstić information content (AvgIpc) is 2.95. The average molecular weight is 251 g/mol. The van der Waals surface area contributed by atoms with Gasteiger partial charge in [-0.05, 0) is 5.21 Å². The molecular weight excluding hydrogens is 234 g/mol. The monoisotopic (exact) mass is 251 g/mol. The van der Waals surface area contributed by atoms with Gasteiger partial charge in [-0.1, -0.05) is 0 Å². The molecule has 0 radical (unpaired) electrons. The Morgan fingerprint density at radius 3 is 3.06 bits per heavy atom. The number of aryl methyl sites for hydroxylation is 1. The third kappa shape index (κ3) is 3.34. The number of imidazole rings is 1. The van der Waals surface area contributed by atoms with Gasteiger partial charge in [0.1, 0.15) is 5.82 Å². The SMILES string of the molecule is COCCNCc1nccn1Cc1nnn(C)n1. The second kappa shape index (κ2) is 6.22. The number of tetrazole rings is 1. The molecular formula is C10H17N7O. The number of ether oxygens (including phenoxy) is 1. The van der Waals surface area contributed by atoms with Crippen LogP contribution in [0.2, 0.25) is 0 Å². The Hall–Kier alpha value is -1.80. The Balaban J connectivity index is 1.91. The fourth-order valence-corrected chi connectivity index (χ4v) is 1.56. The number of methoxy groups -OCH3 is 1. The molecule has 0 saturated heterocycles. The topological polar surface area (TPSA) is 82.7 Å². The van der Waals surface area contributed by atoms with Crippen LogP contribution in [0, 0.1) is 0 Å². The second-order valence-corrected chi connectivity index (χ2v) is 3.84. The van der Waals surface area contributed by atoms with Crippen molar-refractivity contribution in [2.24, 2.45) is 7.05 Å². The summed E-state index contributed by atoms with van der Waals surface area (Å²) in [7, 11) is 3.43. The van der Waals surface area contributed by atoms with Gasteiger partial charge in [0.2, 0.25) is 0 Å². The van der Waals surface area contributed by atoms with E-state index in [1.165, 1.54) is 4.80 Å². The predicted molar refractivity (Wildman–Crippen MR) is 63.7 cm³/mol.